The van der Waals surface area contributed by atoms with Crippen LogP contribution < -0.4 is 5.73 Å². The molecule has 3 N–H and O–H groups in total. The van der Waals surface area contributed by atoms with Crippen molar-refractivity contribution in [3.05, 3.63) is 15.0 Å². The van der Waals surface area contributed by atoms with Crippen LogP contribution in [0.2, 0.25) is 0 Å². The van der Waals surface area contributed by atoms with E-state index in [0.717, 1.165) is 3.79 Å². The number of hydrogen-bond acceptors (Lipinski definition) is 4. The van der Waals surface area contributed by atoms with Gasteiger partial charge in [-0.2, -0.15) is 0 Å². The molecule has 1 fully saturated rings. The maximum absolute atomic E-state index is 11.2. The normalized spacial score (nSPS) is 31.1. The number of carboxylic acids is 1. The molecule has 1 aliphatic carbocycles. The van der Waals surface area contributed by atoms with Crippen LogP contribution in [0.15, 0.2) is 9.98 Å². The average molecular weight is 277 g/mol. The lowest BCUT2D eigenvalue weighted by atomic mass is 9.66. The van der Waals surface area contributed by atoms with Gasteiger partial charge < -0.3 is 10.8 Å². The number of aliphatic carboxylic acids is 1. The van der Waals surface area contributed by atoms with E-state index in [4.69, 9.17) is 10.8 Å². The summed E-state index contributed by atoms with van der Waals surface area (Å²) in [6.07, 6.45) is 2.61. The molecule has 76 valence electrons. The largest absolute Gasteiger partial charge is 0.481 e. The number of rotatable bonds is 2. The van der Waals surface area contributed by atoms with Crippen molar-refractivity contribution in [2.45, 2.75) is 24.3 Å². The van der Waals surface area contributed by atoms with Gasteiger partial charge in [0.25, 0.3) is 0 Å². The zero-order chi connectivity index (χ0) is 10.3. The Labute approximate surface area is 93.3 Å². The van der Waals surface area contributed by atoms with Gasteiger partial charge in [0.2, 0.25) is 0 Å². The van der Waals surface area contributed by atoms with E-state index in [0.29, 0.717) is 17.8 Å². The van der Waals surface area contributed by atoms with Gasteiger partial charge in [-0.3, -0.25) is 4.79 Å². The Morgan fingerprint density at radius 3 is 2.79 bits per heavy atom. The SMILES string of the molecule is NC1CC(C(=O)O)(c2ncc(Br)s2)C1. The lowest BCUT2D eigenvalue weighted by molar-refractivity contribution is -0.148. The molecule has 0 spiro atoms. The molecular formula is C8H9BrN2O2S. The number of halogens is 1. The van der Waals surface area contributed by atoms with Gasteiger partial charge in [0.15, 0.2) is 0 Å². The predicted octanol–water partition coefficient (Wildman–Crippen LogP) is 1.35. The predicted molar refractivity (Wildman–Crippen MR) is 56.3 cm³/mol. The minimum atomic E-state index is -0.823. The zero-order valence-electron chi connectivity index (χ0n) is 7.24. The quantitative estimate of drug-likeness (QED) is 0.855. The van der Waals surface area contributed by atoms with Gasteiger partial charge in [0.1, 0.15) is 10.4 Å². The van der Waals surface area contributed by atoms with Crippen molar-refractivity contribution in [1.82, 2.24) is 4.98 Å². The Morgan fingerprint density at radius 1 is 1.79 bits per heavy atom. The molecule has 2 rings (SSSR count). The maximum Gasteiger partial charge on any atom is 0.316 e. The number of aromatic nitrogens is 1. The van der Waals surface area contributed by atoms with Crippen LogP contribution in [0.25, 0.3) is 0 Å². The average Bonchev–Trinajstić information content (AvgIpc) is 2.45. The highest BCUT2D eigenvalue weighted by Gasteiger charge is 2.52. The Morgan fingerprint density at radius 2 is 2.43 bits per heavy atom. The molecule has 0 radical (unpaired) electrons. The smallest absolute Gasteiger partial charge is 0.316 e. The standard InChI is InChI=1S/C8H9BrN2O2S/c9-5-3-11-6(14-5)8(7(12)13)1-4(10)2-8/h3-4H,1-2,10H2,(H,12,13). The van der Waals surface area contributed by atoms with Crippen molar-refractivity contribution in [1.29, 1.82) is 0 Å². The summed E-state index contributed by atoms with van der Waals surface area (Å²) in [4.78, 5) is 15.3. The van der Waals surface area contributed by atoms with Crippen LogP contribution in [0.3, 0.4) is 0 Å². The van der Waals surface area contributed by atoms with Crippen molar-refractivity contribution in [3.63, 3.8) is 0 Å². The molecule has 0 saturated heterocycles. The molecule has 1 aromatic rings. The van der Waals surface area contributed by atoms with E-state index in [1.807, 2.05) is 0 Å². The van der Waals surface area contributed by atoms with Crippen LogP contribution in [0.4, 0.5) is 0 Å². The molecule has 6 heteroatoms. The van der Waals surface area contributed by atoms with Crippen molar-refractivity contribution in [2.75, 3.05) is 0 Å². The molecule has 0 atom stereocenters. The van der Waals surface area contributed by atoms with E-state index >= 15 is 0 Å². The summed E-state index contributed by atoms with van der Waals surface area (Å²) in [6.45, 7) is 0. The Bertz CT molecular complexity index is 373. The highest BCUT2D eigenvalue weighted by atomic mass is 79.9. The second-order valence-electron chi connectivity index (χ2n) is 3.53. The summed E-state index contributed by atoms with van der Waals surface area (Å²) < 4.78 is 0.855. The van der Waals surface area contributed by atoms with Crippen molar-refractivity contribution >= 4 is 33.2 Å². The van der Waals surface area contributed by atoms with Crippen molar-refractivity contribution in [2.24, 2.45) is 5.73 Å². The van der Waals surface area contributed by atoms with Gasteiger partial charge in [0, 0.05) is 6.04 Å². The van der Waals surface area contributed by atoms with E-state index in [9.17, 15) is 4.79 Å². The second kappa shape index (κ2) is 3.29. The fourth-order valence-electron chi connectivity index (χ4n) is 1.75. The number of hydrogen-bond donors (Lipinski definition) is 2. The molecule has 4 nitrogen and oxygen atoms in total. The van der Waals surface area contributed by atoms with E-state index in [2.05, 4.69) is 20.9 Å². The summed E-state index contributed by atoms with van der Waals surface area (Å²) in [6, 6.07) is -0.00576. The van der Waals surface area contributed by atoms with E-state index in [1.54, 1.807) is 6.20 Å². The molecule has 0 amide bonds. The first-order valence-electron chi connectivity index (χ1n) is 4.15. The van der Waals surface area contributed by atoms with Gasteiger partial charge in [-0.1, -0.05) is 0 Å². The molecular weight excluding hydrogens is 268 g/mol. The third kappa shape index (κ3) is 1.37. The first-order chi connectivity index (χ1) is 6.54. The summed E-state index contributed by atoms with van der Waals surface area (Å²) in [5, 5.41) is 9.81. The third-order valence-electron chi connectivity index (χ3n) is 2.52. The lowest BCUT2D eigenvalue weighted by Gasteiger charge is -2.40. The summed E-state index contributed by atoms with van der Waals surface area (Å²) in [5.74, 6) is -0.818. The van der Waals surface area contributed by atoms with Gasteiger partial charge in [-0.25, -0.2) is 4.98 Å². The molecule has 1 saturated carbocycles. The highest BCUT2D eigenvalue weighted by Crippen LogP contribution is 2.45. The Kier molecular flexibility index (Phi) is 2.36. The molecule has 0 unspecified atom stereocenters. The van der Waals surface area contributed by atoms with E-state index in [-0.39, 0.29) is 6.04 Å². The zero-order valence-corrected chi connectivity index (χ0v) is 9.64. The number of carbonyl (C=O) groups is 1. The maximum atomic E-state index is 11.2. The summed E-state index contributed by atoms with van der Waals surface area (Å²) in [7, 11) is 0. The molecule has 0 bridgehead atoms. The number of nitrogens with zero attached hydrogens (tertiary/aromatic N) is 1. The minimum Gasteiger partial charge on any atom is -0.481 e. The molecule has 14 heavy (non-hydrogen) atoms. The molecule has 1 aliphatic rings. The molecule has 1 aromatic heterocycles. The minimum absolute atomic E-state index is 0.00576. The van der Waals surface area contributed by atoms with Crippen LogP contribution >= 0.6 is 27.3 Å². The van der Waals surface area contributed by atoms with Crippen molar-refractivity contribution in [3.8, 4) is 0 Å². The first-order valence-corrected chi connectivity index (χ1v) is 5.76. The van der Waals surface area contributed by atoms with Gasteiger partial charge in [-0.15, -0.1) is 11.3 Å². The first kappa shape index (κ1) is 10.1. The van der Waals surface area contributed by atoms with Crippen molar-refractivity contribution < 1.29 is 9.90 Å². The fourth-order valence-corrected chi connectivity index (χ4v) is 3.16. The number of carboxylic acid groups (broad SMARTS) is 1. The Balaban J connectivity index is 2.34. The summed E-state index contributed by atoms with van der Waals surface area (Å²) >= 11 is 4.64. The number of nitrogens with two attached hydrogens (primary N) is 1. The van der Waals surface area contributed by atoms with E-state index in [1.165, 1.54) is 11.3 Å². The molecule has 0 aromatic carbocycles. The highest BCUT2D eigenvalue weighted by molar-refractivity contribution is 9.11. The summed E-state index contributed by atoms with van der Waals surface area (Å²) in [5.41, 5.74) is 4.81. The van der Waals surface area contributed by atoms with Gasteiger partial charge in [0.05, 0.1) is 9.98 Å². The third-order valence-corrected chi connectivity index (χ3v) is 4.20. The number of thiazole rings is 1. The van der Waals surface area contributed by atoms with Crippen LogP contribution in [-0.4, -0.2) is 22.1 Å². The second-order valence-corrected chi connectivity index (χ2v) is 5.93. The van der Waals surface area contributed by atoms with Crippen LogP contribution in [0, 0.1) is 0 Å². The van der Waals surface area contributed by atoms with Gasteiger partial charge in [-0.05, 0) is 28.8 Å². The van der Waals surface area contributed by atoms with Crippen LogP contribution in [-0.2, 0) is 10.2 Å². The molecule has 0 aliphatic heterocycles. The van der Waals surface area contributed by atoms with Crippen LogP contribution in [0.1, 0.15) is 17.8 Å². The monoisotopic (exact) mass is 276 g/mol. The fraction of sp³-hybridized carbons (Fsp3) is 0.500. The Hall–Kier alpha value is -0.460. The molecule has 1 heterocycles. The topological polar surface area (TPSA) is 76.2 Å². The lowest BCUT2D eigenvalue weighted by Crippen LogP contribution is -2.54. The van der Waals surface area contributed by atoms with Gasteiger partial charge >= 0.3 is 5.97 Å². The van der Waals surface area contributed by atoms with Crippen LogP contribution in [0.5, 0.6) is 0 Å². The van der Waals surface area contributed by atoms with E-state index < -0.39 is 11.4 Å².